The van der Waals surface area contributed by atoms with E-state index in [9.17, 15) is 23.0 Å². The predicted octanol–water partition coefficient (Wildman–Crippen LogP) is 6.87. The summed E-state index contributed by atoms with van der Waals surface area (Å²) in [6, 6.07) is 19.0. The van der Waals surface area contributed by atoms with E-state index < -0.39 is 16.7 Å². The number of aromatic amines is 2. The summed E-state index contributed by atoms with van der Waals surface area (Å²) in [5.41, 5.74) is 6.81. The maximum Gasteiger partial charge on any atom is 0.438 e. The minimum Gasteiger partial charge on any atom is -0.381 e. The van der Waals surface area contributed by atoms with E-state index in [-0.39, 0.29) is 29.2 Å². The highest BCUT2D eigenvalue weighted by Gasteiger charge is 2.37. The number of H-pyrrole nitrogens is 2. The third-order valence-electron chi connectivity index (χ3n) is 12.6. The number of nitrogens with one attached hydrogen (secondary N) is 3. The van der Waals surface area contributed by atoms with E-state index in [2.05, 4.69) is 49.5 Å². The van der Waals surface area contributed by atoms with Crippen molar-refractivity contribution < 1.29 is 22.7 Å². The molecule has 0 radical (unpaired) electrons. The summed E-state index contributed by atoms with van der Waals surface area (Å²) >= 11 is 0. The predicted molar refractivity (Wildman–Crippen MR) is 236 cm³/mol. The van der Waals surface area contributed by atoms with Crippen molar-refractivity contribution in [2.45, 2.75) is 82.9 Å². The summed E-state index contributed by atoms with van der Waals surface area (Å²) in [6.07, 6.45) is 8.90. The van der Waals surface area contributed by atoms with Gasteiger partial charge in [-0.3, -0.25) is 23.4 Å². The average Bonchev–Trinajstić information content (AvgIpc) is 4.06. The number of carbonyl (C=O) groups is 1. The first-order valence-electron chi connectivity index (χ1n) is 21.5. The molecule has 0 spiro atoms. The van der Waals surface area contributed by atoms with E-state index in [0.717, 1.165) is 73.2 Å². The van der Waals surface area contributed by atoms with Gasteiger partial charge in [-0.05, 0) is 129 Å². The van der Waals surface area contributed by atoms with Gasteiger partial charge in [-0.15, -0.1) is 0 Å². The molecule has 3 aromatic carbocycles. The van der Waals surface area contributed by atoms with Crippen LogP contribution >= 0.6 is 0 Å². The van der Waals surface area contributed by atoms with Crippen LogP contribution in [0.4, 0.5) is 10.1 Å². The van der Waals surface area contributed by atoms with Crippen LogP contribution in [0.25, 0.3) is 28.1 Å². The van der Waals surface area contributed by atoms with Gasteiger partial charge in [-0.2, -0.15) is 5.10 Å². The fourth-order valence-electron chi connectivity index (χ4n) is 8.74. The van der Waals surface area contributed by atoms with Crippen LogP contribution in [0.3, 0.4) is 0 Å². The average molecular weight is 874 g/mol. The number of hydrogen-bond acceptors (Lipinski definition) is 8. The second-order valence-electron chi connectivity index (χ2n) is 17.2. The lowest BCUT2D eigenvalue weighted by Crippen LogP contribution is -2.36. The zero-order valence-electron chi connectivity index (χ0n) is 35.2. The number of nitrogens with zero attached hydrogens (tertiary/aromatic N) is 6. The van der Waals surface area contributed by atoms with E-state index in [4.69, 9.17) is 9.84 Å². The molecule has 4 aromatic heterocycles. The number of carbonyl (C=O) groups excluding carboxylic acids is 1. The number of aryl methyl sites for hydroxylation is 2. The van der Waals surface area contributed by atoms with Crippen molar-refractivity contribution in [2.24, 2.45) is 5.92 Å². The molecular formula is C46H48FN9O6S. The highest BCUT2D eigenvalue weighted by Crippen LogP contribution is 2.45. The van der Waals surface area contributed by atoms with Crippen molar-refractivity contribution in [1.29, 1.82) is 0 Å². The Morgan fingerprint density at radius 1 is 0.921 bits per heavy atom. The smallest absolute Gasteiger partial charge is 0.381 e. The van der Waals surface area contributed by atoms with Crippen LogP contribution in [-0.2, 0) is 28.7 Å². The molecule has 11 rings (SSSR count). The number of imidazole rings is 1. The highest BCUT2D eigenvalue weighted by molar-refractivity contribution is 7.87. The Hall–Kier alpha value is -6.33. The summed E-state index contributed by atoms with van der Waals surface area (Å²) in [6.45, 7) is 7.77. The fourth-order valence-corrected chi connectivity index (χ4v) is 9.84. The molecule has 1 saturated heterocycles. The highest BCUT2D eigenvalue weighted by atomic mass is 32.2. The van der Waals surface area contributed by atoms with Gasteiger partial charge < -0.3 is 19.3 Å². The Labute approximate surface area is 363 Å². The van der Waals surface area contributed by atoms with Crippen molar-refractivity contribution >= 4 is 33.5 Å². The molecule has 3 N–H and O–H groups in total. The summed E-state index contributed by atoms with van der Waals surface area (Å²) in [5.74, 6) is 1.88. The number of amides is 1. The van der Waals surface area contributed by atoms with Crippen molar-refractivity contribution in [2.75, 3.05) is 24.5 Å². The molecule has 3 fully saturated rings. The first-order chi connectivity index (χ1) is 30.5. The molecule has 17 heteroatoms. The summed E-state index contributed by atoms with van der Waals surface area (Å²) in [4.78, 5) is 46.5. The number of hydrogen-bond donors (Lipinski definition) is 3. The molecular weight excluding hydrogens is 826 g/mol. The van der Waals surface area contributed by atoms with E-state index >= 15 is 0 Å². The minimum atomic E-state index is -1.13. The molecule has 2 aliphatic carbocycles. The number of rotatable bonds is 9. The zero-order valence-corrected chi connectivity index (χ0v) is 36.0. The Kier molecular flexibility index (Phi) is 10.6. The largest absolute Gasteiger partial charge is 0.438 e. The molecule has 63 heavy (non-hydrogen) atoms. The normalized spacial score (nSPS) is 19.1. The van der Waals surface area contributed by atoms with Gasteiger partial charge >= 0.3 is 11.4 Å². The van der Waals surface area contributed by atoms with Crippen molar-refractivity contribution in [3.05, 3.63) is 139 Å². The number of fused-ring (bicyclic) bond motifs is 2. The molecule has 1 amide bonds. The molecule has 2 aliphatic heterocycles. The van der Waals surface area contributed by atoms with Crippen LogP contribution in [0.2, 0.25) is 0 Å². The fraction of sp³-hybridized carbons (Fsp3) is 0.370. The first-order valence-corrected chi connectivity index (χ1v) is 22.7. The van der Waals surface area contributed by atoms with Crippen molar-refractivity contribution in [3.8, 4) is 17.2 Å². The lowest BCUT2D eigenvalue weighted by atomic mass is 9.91. The zero-order chi connectivity index (χ0) is 43.5. The maximum absolute atomic E-state index is 14.8. The summed E-state index contributed by atoms with van der Waals surface area (Å²) < 4.78 is 44.9. The third kappa shape index (κ3) is 8.10. The van der Waals surface area contributed by atoms with E-state index in [1.165, 1.54) is 10.1 Å². The number of aromatic nitrogens is 7. The molecule has 7 aromatic rings. The lowest BCUT2D eigenvalue weighted by molar-refractivity contribution is 0.0729. The Morgan fingerprint density at radius 2 is 1.65 bits per heavy atom. The standard InChI is InChI=1S/C40H40FN7O4S.C6H8N2O2/c1-24-19-31(20-25(2)37(24)41)48-38(47-16-15-46(40(47)50)30-6-4-29(5-7-30)44-53(51)32-8-9-32)33-23-45(14-11-35(33)43-48)39(49)36-22-28-21-27(3-10-34(28)42-36)26-12-17-52-18-13-26;1-3-2-4(3)5-7-6(9)10-8-5/h3-7,10,15-16,19-22,26,32,42,44H,8-9,11-14,17-18,23H2,1-2H3;3-4H,2H2,1H3,(H,7,8,9). The maximum atomic E-state index is 14.8. The van der Waals surface area contributed by atoms with Gasteiger partial charge in [0.25, 0.3) is 5.91 Å². The van der Waals surface area contributed by atoms with Crippen molar-refractivity contribution in [3.63, 3.8) is 0 Å². The monoisotopic (exact) mass is 873 g/mol. The van der Waals surface area contributed by atoms with Gasteiger partial charge in [0.15, 0.2) is 5.82 Å². The van der Waals surface area contributed by atoms with Gasteiger partial charge in [0.2, 0.25) is 0 Å². The quantitative estimate of drug-likeness (QED) is 0.141. The summed E-state index contributed by atoms with van der Waals surface area (Å²) in [7, 11) is -1.13. The van der Waals surface area contributed by atoms with Gasteiger partial charge in [-0.25, -0.2) is 22.9 Å². The SMILES string of the molecule is CC1CC1c1noc(=O)[nH]1.Cc1cc(-n2nc3c(c2-n2ccn(-c4ccc(NS(=O)C5CC5)cc4)c2=O)CN(C(=O)c2cc4cc(C5CCOCC5)ccc4[nH]2)CC3)cc(C)c1F. The van der Waals surface area contributed by atoms with E-state index in [1.54, 1.807) is 52.5 Å². The summed E-state index contributed by atoms with van der Waals surface area (Å²) in [5, 5.41) is 9.76. The van der Waals surface area contributed by atoms with Gasteiger partial charge in [0.1, 0.15) is 28.3 Å². The molecule has 0 bridgehead atoms. The molecule has 4 aliphatic rings. The van der Waals surface area contributed by atoms with Crippen LogP contribution in [0, 0.1) is 25.6 Å². The van der Waals surface area contributed by atoms with E-state index in [1.807, 2.05) is 30.3 Å². The molecule has 15 nitrogen and oxygen atoms in total. The number of ether oxygens (including phenoxy) is 1. The van der Waals surface area contributed by atoms with Crippen LogP contribution in [0.5, 0.6) is 0 Å². The Morgan fingerprint density at radius 3 is 2.33 bits per heavy atom. The third-order valence-corrected chi connectivity index (χ3v) is 14.2. The van der Waals surface area contributed by atoms with Crippen LogP contribution in [0.1, 0.15) is 95.1 Å². The van der Waals surface area contributed by atoms with Gasteiger partial charge in [-0.1, -0.05) is 18.1 Å². The first kappa shape index (κ1) is 40.7. The molecule has 3 unspecified atom stereocenters. The second kappa shape index (κ2) is 16.4. The number of anilines is 1. The lowest BCUT2D eigenvalue weighted by Gasteiger charge is -2.26. The second-order valence-corrected chi connectivity index (χ2v) is 18.7. The van der Waals surface area contributed by atoms with Crippen LogP contribution < -0.4 is 16.2 Å². The Balaban J connectivity index is 0.000000413. The van der Waals surface area contributed by atoms with Crippen LogP contribution in [0.15, 0.2) is 87.2 Å². The van der Waals surface area contributed by atoms with Crippen molar-refractivity contribution in [1.82, 2.24) is 38.9 Å². The van der Waals surface area contributed by atoms with Gasteiger partial charge in [0.05, 0.1) is 28.9 Å². The van der Waals surface area contributed by atoms with E-state index in [0.29, 0.717) is 70.6 Å². The topological polar surface area (TPSA) is 178 Å². The molecule has 2 saturated carbocycles. The molecule has 326 valence electrons. The van der Waals surface area contributed by atoms with Crippen LogP contribution in [-0.4, -0.2) is 74.1 Å². The molecule has 6 heterocycles. The van der Waals surface area contributed by atoms with Gasteiger partial charge in [0, 0.05) is 66.6 Å². The number of benzene rings is 3. The minimum absolute atomic E-state index is 0.132. The molecule has 3 atom stereocenters. The number of halogens is 1. The Bertz CT molecular complexity index is 2980.